The lowest BCUT2D eigenvalue weighted by Crippen LogP contribution is -2.40. The summed E-state index contributed by atoms with van der Waals surface area (Å²) in [4.78, 5) is 0. The van der Waals surface area contributed by atoms with Gasteiger partial charge in [-0.25, -0.2) is 0 Å². The van der Waals surface area contributed by atoms with Crippen LogP contribution >= 0.6 is 0 Å². The summed E-state index contributed by atoms with van der Waals surface area (Å²) in [6.07, 6.45) is 10.7. The molecule has 1 aliphatic rings. The summed E-state index contributed by atoms with van der Waals surface area (Å²) in [6.45, 7) is 6.96. The number of nitrogens with two attached hydrogens (primary N) is 1. The van der Waals surface area contributed by atoms with Crippen LogP contribution in [0.3, 0.4) is 0 Å². The van der Waals surface area contributed by atoms with Crippen LogP contribution in [0.1, 0.15) is 72.1 Å². The quantitative estimate of drug-likeness (QED) is 0.703. The van der Waals surface area contributed by atoms with Crippen LogP contribution in [0.15, 0.2) is 0 Å². The van der Waals surface area contributed by atoms with Gasteiger partial charge in [-0.3, -0.25) is 0 Å². The number of rotatable bonds is 6. The molecular weight excluding hydrogens is 182 g/mol. The molecule has 1 rings (SSSR count). The van der Waals surface area contributed by atoms with Crippen molar-refractivity contribution in [3.8, 4) is 0 Å². The molecular formula is C14H29N. The van der Waals surface area contributed by atoms with Gasteiger partial charge in [0, 0.05) is 6.04 Å². The molecule has 1 nitrogen and oxygen atoms in total. The molecule has 1 fully saturated rings. The highest BCUT2D eigenvalue weighted by atomic mass is 14.7. The summed E-state index contributed by atoms with van der Waals surface area (Å²) in [5.41, 5.74) is 6.96. The van der Waals surface area contributed by atoms with Gasteiger partial charge in [0.1, 0.15) is 0 Å². The van der Waals surface area contributed by atoms with E-state index < -0.39 is 0 Å². The number of hydrogen-bond acceptors (Lipinski definition) is 1. The minimum Gasteiger partial charge on any atom is -0.327 e. The Morgan fingerprint density at radius 2 is 1.80 bits per heavy atom. The third-order valence-corrected chi connectivity index (χ3v) is 4.53. The standard InChI is InChI=1S/C14H29N/c1-4-8-12(3)11-13(15)14(5-2)9-6-7-10-14/h12-13H,4-11,15H2,1-3H3. The Morgan fingerprint density at radius 1 is 1.20 bits per heavy atom. The predicted molar refractivity (Wildman–Crippen MR) is 67.9 cm³/mol. The van der Waals surface area contributed by atoms with Crippen LogP contribution in [0.25, 0.3) is 0 Å². The molecule has 2 N–H and O–H groups in total. The summed E-state index contributed by atoms with van der Waals surface area (Å²) in [7, 11) is 0. The van der Waals surface area contributed by atoms with Crippen LogP contribution in [0.2, 0.25) is 0 Å². The van der Waals surface area contributed by atoms with Crippen molar-refractivity contribution in [2.75, 3.05) is 0 Å². The van der Waals surface area contributed by atoms with Crippen LogP contribution in [-0.2, 0) is 0 Å². The van der Waals surface area contributed by atoms with Gasteiger partial charge >= 0.3 is 0 Å². The van der Waals surface area contributed by atoms with E-state index >= 15 is 0 Å². The molecule has 0 amide bonds. The van der Waals surface area contributed by atoms with Crippen LogP contribution < -0.4 is 5.73 Å². The summed E-state index contributed by atoms with van der Waals surface area (Å²) >= 11 is 0. The molecule has 1 aliphatic carbocycles. The fourth-order valence-electron chi connectivity index (χ4n) is 3.36. The SMILES string of the molecule is CCCC(C)CC(N)C1(CC)CCCC1. The second-order valence-electron chi connectivity index (χ2n) is 5.66. The summed E-state index contributed by atoms with van der Waals surface area (Å²) in [5, 5.41) is 0. The molecule has 2 atom stereocenters. The predicted octanol–water partition coefficient (Wildman–Crippen LogP) is 4.11. The summed E-state index contributed by atoms with van der Waals surface area (Å²) in [6, 6.07) is 0.451. The van der Waals surface area contributed by atoms with Crippen molar-refractivity contribution >= 4 is 0 Å². The Balaban J connectivity index is 2.46. The zero-order chi connectivity index (χ0) is 11.3. The molecule has 2 unspecified atom stereocenters. The first-order chi connectivity index (χ1) is 7.14. The Kier molecular flexibility index (Phi) is 5.11. The zero-order valence-corrected chi connectivity index (χ0v) is 10.9. The van der Waals surface area contributed by atoms with E-state index in [2.05, 4.69) is 20.8 Å². The molecule has 1 heteroatoms. The van der Waals surface area contributed by atoms with Crippen molar-refractivity contribution in [3.05, 3.63) is 0 Å². The van der Waals surface area contributed by atoms with E-state index in [9.17, 15) is 0 Å². The van der Waals surface area contributed by atoms with Crippen LogP contribution in [0, 0.1) is 11.3 Å². The first kappa shape index (κ1) is 13.0. The largest absolute Gasteiger partial charge is 0.327 e. The maximum atomic E-state index is 6.46. The Labute approximate surface area is 95.8 Å². The highest BCUT2D eigenvalue weighted by Crippen LogP contribution is 2.44. The van der Waals surface area contributed by atoms with E-state index in [1.165, 1.54) is 51.4 Å². The zero-order valence-electron chi connectivity index (χ0n) is 10.9. The van der Waals surface area contributed by atoms with Gasteiger partial charge in [-0.1, -0.05) is 46.5 Å². The van der Waals surface area contributed by atoms with Gasteiger partial charge in [0.25, 0.3) is 0 Å². The van der Waals surface area contributed by atoms with E-state index in [-0.39, 0.29) is 0 Å². The first-order valence-corrected chi connectivity index (χ1v) is 6.90. The van der Waals surface area contributed by atoms with Gasteiger partial charge in [-0.05, 0) is 37.0 Å². The van der Waals surface area contributed by atoms with Gasteiger partial charge in [-0.2, -0.15) is 0 Å². The van der Waals surface area contributed by atoms with Crippen molar-refractivity contribution in [2.45, 2.75) is 78.2 Å². The lowest BCUT2D eigenvalue weighted by Gasteiger charge is -2.36. The first-order valence-electron chi connectivity index (χ1n) is 6.90. The molecule has 0 spiro atoms. The molecule has 0 aromatic rings. The summed E-state index contributed by atoms with van der Waals surface area (Å²) in [5.74, 6) is 0.814. The van der Waals surface area contributed by atoms with E-state index in [0.29, 0.717) is 11.5 Å². The van der Waals surface area contributed by atoms with Crippen molar-refractivity contribution in [3.63, 3.8) is 0 Å². The molecule has 0 aromatic carbocycles. The summed E-state index contributed by atoms with van der Waals surface area (Å²) < 4.78 is 0. The lowest BCUT2D eigenvalue weighted by molar-refractivity contribution is 0.192. The molecule has 15 heavy (non-hydrogen) atoms. The van der Waals surface area contributed by atoms with Crippen molar-refractivity contribution in [1.82, 2.24) is 0 Å². The number of hydrogen-bond donors (Lipinski definition) is 1. The van der Waals surface area contributed by atoms with Crippen molar-refractivity contribution in [2.24, 2.45) is 17.1 Å². The molecule has 0 aliphatic heterocycles. The Hall–Kier alpha value is -0.0400. The third-order valence-electron chi connectivity index (χ3n) is 4.53. The van der Waals surface area contributed by atoms with E-state index in [4.69, 9.17) is 5.73 Å². The average Bonchev–Trinajstić information content (AvgIpc) is 2.67. The van der Waals surface area contributed by atoms with Gasteiger partial charge in [0.15, 0.2) is 0 Å². The lowest BCUT2D eigenvalue weighted by atomic mass is 9.73. The van der Waals surface area contributed by atoms with Crippen molar-refractivity contribution in [1.29, 1.82) is 0 Å². The molecule has 1 saturated carbocycles. The minimum absolute atomic E-state index is 0.451. The smallest absolute Gasteiger partial charge is 0.00979 e. The highest BCUT2D eigenvalue weighted by molar-refractivity contribution is 4.92. The van der Waals surface area contributed by atoms with Gasteiger partial charge in [-0.15, -0.1) is 0 Å². The van der Waals surface area contributed by atoms with E-state index in [1.807, 2.05) is 0 Å². The Bertz CT molecular complexity index is 170. The van der Waals surface area contributed by atoms with E-state index in [1.54, 1.807) is 0 Å². The maximum absolute atomic E-state index is 6.46. The van der Waals surface area contributed by atoms with Crippen LogP contribution in [-0.4, -0.2) is 6.04 Å². The normalized spacial score (nSPS) is 24.0. The fourth-order valence-corrected chi connectivity index (χ4v) is 3.36. The Morgan fingerprint density at radius 3 is 2.27 bits per heavy atom. The van der Waals surface area contributed by atoms with Crippen LogP contribution in [0.4, 0.5) is 0 Å². The average molecular weight is 211 g/mol. The van der Waals surface area contributed by atoms with E-state index in [0.717, 1.165) is 5.92 Å². The van der Waals surface area contributed by atoms with Crippen LogP contribution in [0.5, 0.6) is 0 Å². The molecule has 90 valence electrons. The topological polar surface area (TPSA) is 26.0 Å². The fraction of sp³-hybridized carbons (Fsp3) is 1.00. The molecule has 0 aromatic heterocycles. The second-order valence-corrected chi connectivity index (χ2v) is 5.66. The molecule has 0 radical (unpaired) electrons. The molecule has 0 heterocycles. The third kappa shape index (κ3) is 3.21. The second kappa shape index (κ2) is 5.89. The molecule has 0 saturated heterocycles. The monoisotopic (exact) mass is 211 g/mol. The highest BCUT2D eigenvalue weighted by Gasteiger charge is 2.37. The van der Waals surface area contributed by atoms with Gasteiger partial charge in [0.2, 0.25) is 0 Å². The maximum Gasteiger partial charge on any atom is 0.00979 e. The van der Waals surface area contributed by atoms with Gasteiger partial charge in [0.05, 0.1) is 0 Å². The molecule has 0 bridgehead atoms. The van der Waals surface area contributed by atoms with Gasteiger partial charge < -0.3 is 5.73 Å². The van der Waals surface area contributed by atoms with Crippen molar-refractivity contribution < 1.29 is 0 Å². The minimum atomic E-state index is 0.451.